The predicted molar refractivity (Wildman–Crippen MR) is 84.8 cm³/mol. The second-order valence-corrected chi connectivity index (χ2v) is 5.78. The third kappa shape index (κ3) is 2.73. The van der Waals surface area contributed by atoms with Crippen molar-refractivity contribution < 1.29 is 9.47 Å². The Labute approximate surface area is 123 Å². The maximum atomic E-state index is 5.56. The molecule has 1 fully saturated rings. The highest BCUT2D eigenvalue weighted by Crippen LogP contribution is 2.49. The lowest BCUT2D eigenvalue weighted by Gasteiger charge is -2.13. The molecule has 2 aromatic rings. The van der Waals surface area contributed by atoms with Gasteiger partial charge in [0.25, 0.3) is 0 Å². The third-order valence-electron chi connectivity index (χ3n) is 3.56. The highest BCUT2D eigenvalue weighted by atomic mass is 32.1. The first-order valence-electron chi connectivity index (χ1n) is 6.78. The van der Waals surface area contributed by atoms with Gasteiger partial charge in [-0.1, -0.05) is 12.2 Å². The molecule has 1 aromatic carbocycles. The summed E-state index contributed by atoms with van der Waals surface area (Å²) < 4.78 is 11.1. The Kier molecular flexibility index (Phi) is 3.79. The average molecular weight is 286 g/mol. The predicted octanol–water partition coefficient (Wildman–Crippen LogP) is 4.81. The van der Waals surface area contributed by atoms with Crippen LogP contribution >= 0.6 is 11.3 Å². The summed E-state index contributed by atoms with van der Waals surface area (Å²) in [5.41, 5.74) is 3.55. The van der Waals surface area contributed by atoms with Gasteiger partial charge in [-0.05, 0) is 58.8 Å². The molecule has 0 N–H and O–H groups in total. The Balaban J connectivity index is 1.95. The van der Waals surface area contributed by atoms with Gasteiger partial charge in [-0.15, -0.1) is 0 Å². The van der Waals surface area contributed by atoms with Gasteiger partial charge in [0.1, 0.15) is 11.5 Å². The van der Waals surface area contributed by atoms with E-state index in [4.69, 9.17) is 9.47 Å². The number of hydrogen-bond acceptors (Lipinski definition) is 3. The highest BCUT2D eigenvalue weighted by molar-refractivity contribution is 7.08. The molecule has 0 bridgehead atoms. The summed E-state index contributed by atoms with van der Waals surface area (Å²) in [5.74, 6) is 2.49. The van der Waals surface area contributed by atoms with Gasteiger partial charge in [-0.3, -0.25) is 0 Å². The standard InChI is InChI=1S/C17H18O2S/c1-18-15-9-13(4-3-12-7-8-20-11-12)10-16(19-2)17(15)14-5-6-14/h3-4,7-11,14H,5-6H2,1-2H3/b4-3+. The fourth-order valence-corrected chi connectivity index (χ4v) is 3.02. The largest absolute Gasteiger partial charge is 0.496 e. The third-order valence-corrected chi connectivity index (χ3v) is 4.26. The molecular formula is C17H18O2S. The molecule has 0 radical (unpaired) electrons. The number of hydrogen-bond donors (Lipinski definition) is 0. The van der Waals surface area contributed by atoms with Gasteiger partial charge in [0.15, 0.2) is 0 Å². The number of ether oxygens (including phenoxy) is 2. The Hall–Kier alpha value is -1.74. The molecule has 0 amide bonds. The summed E-state index contributed by atoms with van der Waals surface area (Å²) in [4.78, 5) is 0. The molecule has 1 saturated carbocycles. The normalized spacial score (nSPS) is 14.7. The molecule has 1 aliphatic carbocycles. The molecule has 0 saturated heterocycles. The first-order valence-corrected chi connectivity index (χ1v) is 7.72. The molecule has 0 unspecified atom stereocenters. The lowest BCUT2D eigenvalue weighted by molar-refractivity contribution is 0.385. The second kappa shape index (κ2) is 5.71. The van der Waals surface area contributed by atoms with E-state index in [9.17, 15) is 0 Å². The number of benzene rings is 1. The van der Waals surface area contributed by atoms with Crippen LogP contribution in [0.3, 0.4) is 0 Å². The van der Waals surface area contributed by atoms with Crippen molar-refractivity contribution in [1.29, 1.82) is 0 Å². The van der Waals surface area contributed by atoms with E-state index in [2.05, 4.69) is 41.1 Å². The molecule has 2 nitrogen and oxygen atoms in total. The molecule has 1 aromatic heterocycles. The average Bonchev–Trinajstić information content (AvgIpc) is 3.19. The molecular weight excluding hydrogens is 268 g/mol. The summed E-state index contributed by atoms with van der Waals surface area (Å²) in [6, 6.07) is 6.30. The zero-order valence-corrected chi connectivity index (χ0v) is 12.6. The van der Waals surface area contributed by atoms with Crippen LogP contribution in [0.15, 0.2) is 29.0 Å². The maximum Gasteiger partial charge on any atom is 0.126 e. The molecule has 0 spiro atoms. The van der Waals surface area contributed by atoms with E-state index in [0.29, 0.717) is 5.92 Å². The van der Waals surface area contributed by atoms with Gasteiger partial charge >= 0.3 is 0 Å². The molecule has 3 heteroatoms. The molecule has 0 aliphatic heterocycles. The topological polar surface area (TPSA) is 18.5 Å². The van der Waals surface area contributed by atoms with Crippen molar-refractivity contribution in [3.63, 3.8) is 0 Å². The minimum atomic E-state index is 0.606. The van der Waals surface area contributed by atoms with E-state index < -0.39 is 0 Å². The van der Waals surface area contributed by atoms with Crippen LogP contribution in [0.4, 0.5) is 0 Å². The lowest BCUT2D eigenvalue weighted by atomic mass is 10.0. The van der Waals surface area contributed by atoms with Crippen molar-refractivity contribution in [2.75, 3.05) is 14.2 Å². The van der Waals surface area contributed by atoms with Crippen LogP contribution < -0.4 is 9.47 Å². The molecule has 104 valence electrons. The van der Waals surface area contributed by atoms with Crippen molar-refractivity contribution >= 4 is 23.5 Å². The number of rotatable bonds is 5. The van der Waals surface area contributed by atoms with Gasteiger partial charge in [-0.2, -0.15) is 11.3 Å². The zero-order chi connectivity index (χ0) is 13.9. The van der Waals surface area contributed by atoms with Crippen molar-refractivity contribution in [3.8, 4) is 11.5 Å². The van der Waals surface area contributed by atoms with E-state index >= 15 is 0 Å². The molecule has 1 heterocycles. The van der Waals surface area contributed by atoms with Crippen LogP contribution in [-0.4, -0.2) is 14.2 Å². The maximum absolute atomic E-state index is 5.56. The molecule has 0 atom stereocenters. The van der Waals surface area contributed by atoms with Crippen LogP contribution in [-0.2, 0) is 0 Å². The van der Waals surface area contributed by atoms with E-state index in [1.807, 2.05) is 0 Å². The fourth-order valence-electron chi connectivity index (χ4n) is 2.39. The zero-order valence-electron chi connectivity index (χ0n) is 11.8. The number of thiophene rings is 1. The molecule has 3 rings (SSSR count). The summed E-state index contributed by atoms with van der Waals surface area (Å²) in [5, 5.41) is 4.21. The monoisotopic (exact) mass is 286 g/mol. The summed E-state index contributed by atoms with van der Waals surface area (Å²) >= 11 is 1.70. The minimum Gasteiger partial charge on any atom is -0.496 e. The van der Waals surface area contributed by atoms with Crippen molar-refractivity contribution in [2.45, 2.75) is 18.8 Å². The SMILES string of the molecule is COc1cc(/C=C/c2ccsc2)cc(OC)c1C1CC1. The van der Waals surface area contributed by atoms with E-state index in [1.54, 1.807) is 25.6 Å². The van der Waals surface area contributed by atoms with E-state index in [-0.39, 0.29) is 0 Å². The first-order chi connectivity index (χ1) is 9.81. The van der Waals surface area contributed by atoms with Gasteiger partial charge in [0.2, 0.25) is 0 Å². The van der Waals surface area contributed by atoms with Gasteiger partial charge in [0.05, 0.1) is 14.2 Å². The van der Waals surface area contributed by atoms with Crippen LogP contribution in [0.2, 0.25) is 0 Å². The van der Waals surface area contributed by atoms with Crippen LogP contribution in [0.1, 0.15) is 35.4 Å². The van der Waals surface area contributed by atoms with Crippen LogP contribution in [0.5, 0.6) is 11.5 Å². The summed E-state index contributed by atoms with van der Waals surface area (Å²) in [6.45, 7) is 0. The van der Waals surface area contributed by atoms with E-state index in [0.717, 1.165) is 17.1 Å². The smallest absolute Gasteiger partial charge is 0.126 e. The first kappa shape index (κ1) is 13.3. The summed E-state index contributed by atoms with van der Waals surface area (Å²) in [6.07, 6.45) is 6.68. The Morgan fingerprint density at radius 3 is 2.20 bits per heavy atom. The van der Waals surface area contributed by atoms with Gasteiger partial charge < -0.3 is 9.47 Å². The molecule has 20 heavy (non-hydrogen) atoms. The van der Waals surface area contributed by atoms with Gasteiger partial charge in [-0.25, -0.2) is 0 Å². The summed E-state index contributed by atoms with van der Waals surface area (Å²) in [7, 11) is 3.46. The number of methoxy groups -OCH3 is 2. The Morgan fingerprint density at radius 2 is 1.70 bits per heavy atom. The second-order valence-electron chi connectivity index (χ2n) is 5.00. The van der Waals surface area contributed by atoms with Crippen molar-refractivity contribution in [3.05, 3.63) is 45.6 Å². The lowest BCUT2D eigenvalue weighted by Crippen LogP contribution is -1.96. The quantitative estimate of drug-likeness (QED) is 0.785. The molecule has 1 aliphatic rings. The fraction of sp³-hybridized carbons (Fsp3) is 0.294. The van der Waals surface area contributed by atoms with Crippen LogP contribution in [0, 0.1) is 0 Å². The van der Waals surface area contributed by atoms with Gasteiger partial charge in [0, 0.05) is 5.56 Å². The Bertz CT molecular complexity index is 585. The van der Waals surface area contributed by atoms with Crippen molar-refractivity contribution in [2.24, 2.45) is 0 Å². The van der Waals surface area contributed by atoms with E-state index in [1.165, 1.54) is 24.0 Å². The van der Waals surface area contributed by atoms with Crippen LogP contribution in [0.25, 0.3) is 12.2 Å². The Morgan fingerprint density at radius 1 is 1.05 bits per heavy atom. The minimum absolute atomic E-state index is 0.606. The van der Waals surface area contributed by atoms with Crippen molar-refractivity contribution in [1.82, 2.24) is 0 Å². The highest BCUT2D eigenvalue weighted by Gasteiger charge is 2.30.